The first-order chi connectivity index (χ1) is 8.49. The molecule has 0 aliphatic rings. The molecule has 92 valence electrons. The molecule has 0 aliphatic heterocycles. The lowest BCUT2D eigenvalue weighted by Crippen LogP contribution is -2.04. The SMILES string of the molecule is C=C(Cc1nccc2c(I)cc(I)cc12)C(=O)O. The maximum atomic E-state index is 10.8. The fourth-order valence-corrected chi connectivity index (χ4v) is 3.71. The summed E-state index contributed by atoms with van der Waals surface area (Å²) in [6.45, 7) is 3.56. The summed E-state index contributed by atoms with van der Waals surface area (Å²) >= 11 is 4.52. The number of benzene rings is 1. The Labute approximate surface area is 132 Å². The Kier molecular flexibility index (Phi) is 4.21. The molecule has 0 amide bonds. The summed E-state index contributed by atoms with van der Waals surface area (Å²) in [5, 5.41) is 11.0. The number of carbonyl (C=O) groups is 1. The Morgan fingerprint density at radius 1 is 1.33 bits per heavy atom. The van der Waals surface area contributed by atoms with Crippen LogP contribution in [0.4, 0.5) is 0 Å². The van der Waals surface area contributed by atoms with Gasteiger partial charge in [0.15, 0.2) is 0 Å². The summed E-state index contributed by atoms with van der Waals surface area (Å²) in [5.41, 5.74) is 0.917. The van der Waals surface area contributed by atoms with Gasteiger partial charge in [0, 0.05) is 30.7 Å². The van der Waals surface area contributed by atoms with E-state index in [0.29, 0.717) is 0 Å². The van der Waals surface area contributed by atoms with E-state index in [2.05, 4.69) is 62.8 Å². The molecular weight excluding hydrogens is 456 g/mol. The van der Waals surface area contributed by atoms with E-state index in [9.17, 15) is 4.79 Å². The molecule has 1 aromatic heterocycles. The zero-order valence-corrected chi connectivity index (χ0v) is 13.6. The highest BCUT2D eigenvalue weighted by Gasteiger charge is 2.11. The molecule has 0 aliphatic carbocycles. The Balaban J connectivity index is 2.58. The zero-order valence-electron chi connectivity index (χ0n) is 9.28. The van der Waals surface area contributed by atoms with Gasteiger partial charge in [-0.25, -0.2) is 4.79 Å². The summed E-state index contributed by atoms with van der Waals surface area (Å²) in [5.74, 6) is -0.978. The average molecular weight is 465 g/mol. The molecule has 2 rings (SSSR count). The molecule has 0 fully saturated rings. The van der Waals surface area contributed by atoms with Gasteiger partial charge in [0.25, 0.3) is 0 Å². The highest BCUT2D eigenvalue weighted by Crippen LogP contribution is 2.26. The quantitative estimate of drug-likeness (QED) is 0.557. The fourth-order valence-electron chi connectivity index (χ4n) is 1.68. The number of carboxylic acid groups (broad SMARTS) is 1. The van der Waals surface area contributed by atoms with E-state index in [-0.39, 0.29) is 12.0 Å². The highest BCUT2D eigenvalue weighted by atomic mass is 127. The maximum absolute atomic E-state index is 10.8. The van der Waals surface area contributed by atoms with Gasteiger partial charge in [-0.2, -0.15) is 0 Å². The van der Waals surface area contributed by atoms with Crippen LogP contribution in [-0.4, -0.2) is 16.1 Å². The summed E-state index contributed by atoms with van der Waals surface area (Å²) < 4.78 is 2.25. The van der Waals surface area contributed by atoms with Crippen molar-refractivity contribution in [2.45, 2.75) is 6.42 Å². The highest BCUT2D eigenvalue weighted by molar-refractivity contribution is 14.1. The number of nitrogens with zero attached hydrogens (tertiary/aromatic N) is 1. The molecule has 0 bridgehead atoms. The van der Waals surface area contributed by atoms with Crippen molar-refractivity contribution in [1.82, 2.24) is 4.98 Å². The second-order valence-electron chi connectivity index (χ2n) is 3.83. The molecule has 0 unspecified atom stereocenters. The third-order valence-corrected chi connectivity index (χ3v) is 4.08. The average Bonchev–Trinajstić information content (AvgIpc) is 2.29. The molecule has 2 aromatic rings. The minimum absolute atomic E-state index is 0.156. The number of pyridine rings is 1. The molecule has 1 heterocycles. The zero-order chi connectivity index (χ0) is 13.3. The Hall–Kier alpha value is -0.700. The summed E-state index contributed by atoms with van der Waals surface area (Å²) in [6.07, 6.45) is 1.98. The van der Waals surface area contributed by atoms with Crippen molar-refractivity contribution in [2.24, 2.45) is 0 Å². The lowest BCUT2D eigenvalue weighted by atomic mass is 10.0. The van der Waals surface area contributed by atoms with Crippen molar-refractivity contribution in [3.63, 3.8) is 0 Å². The maximum Gasteiger partial charge on any atom is 0.331 e. The second-order valence-corrected chi connectivity index (χ2v) is 6.23. The molecule has 1 N–H and O–H groups in total. The van der Waals surface area contributed by atoms with Gasteiger partial charge >= 0.3 is 5.97 Å². The van der Waals surface area contributed by atoms with E-state index in [1.54, 1.807) is 6.20 Å². The minimum atomic E-state index is -0.978. The molecule has 3 nitrogen and oxygen atoms in total. The van der Waals surface area contributed by atoms with E-state index in [1.807, 2.05) is 12.1 Å². The summed E-state index contributed by atoms with van der Waals surface area (Å²) in [6, 6.07) is 6.05. The number of carboxylic acids is 1. The van der Waals surface area contributed by atoms with E-state index < -0.39 is 5.97 Å². The molecule has 0 radical (unpaired) electrons. The van der Waals surface area contributed by atoms with Crippen LogP contribution in [0, 0.1) is 7.14 Å². The molecule has 18 heavy (non-hydrogen) atoms. The first-order valence-corrected chi connectivity index (χ1v) is 7.28. The number of hydrogen-bond donors (Lipinski definition) is 1. The predicted octanol–water partition coefficient (Wildman–Crippen LogP) is 3.63. The monoisotopic (exact) mass is 465 g/mol. The van der Waals surface area contributed by atoms with Gasteiger partial charge in [0.2, 0.25) is 0 Å². The van der Waals surface area contributed by atoms with Gasteiger partial charge in [-0.1, -0.05) is 6.58 Å². The van der Waals surface area contributed by atoms with Crippen LogP contribution in [0.15, 0.2) is 36.5 Å². The standard InChI is InChI=1S/C13H9I2NO2/c1-7(13(17)18)4-12-10-5-8(14)6-11(15)9(10)2-3-16-12/h2-3,5-6H,1,4H2,(H,17,18). The topological polar surface area (TPSA) is 50.2 Å². The fraction of sp³-hybridized carbons (Fsp3) is 0.0769. The Morgan fingerprint density at radius 2 is 2.06 bits per heavy atom. The van der Waals surface area contributed by atoms with Gasteiger partial charge in [0.05, 0.1) is 5.69 Å². The number of hydrogen-bond acceptors (Lipinski definition) is 2. The molecule has 0 saturated heterocycles. The number of aliphatic carboxylic acids is 1. The van der Waals surface area contributed by atoms with E-state index >= 15 is 0 Å². The minimum Gasteiger partial charge on any atom is -0.478 e. The van der Waals surface area contributed by atoms with Crippen LogP contribution in [-0.2, 0) is 11.2 Å². The Bertz CT molecular complexity index is 653. The van der Waals surface area contributed by atoms with Crippen molar-refractivity contribution < 1.29 is 9.90 Å². The first kappa shape index (κ1) is 13.7. The summed E-state index contributed by atoms with van der Waals surface area (Å²) in [7, 11) is 0. The Morgan fingerprint density at radius 3 is 2.72 bits per heavy atom. The van der Waals surface area contributed by atoms with Crippen molar-refractivity contribution >= 4 is 61.9 Å². The van der Waals surface area contributed by atoms with E-state index in [4.69, 9.17) is 5.11 Å². The number of rotatable bonds is 3. The van der Waals surface area contributed by atoms with Gasteiger partial charge in [-0.05, 0) is 68.8 Å². The summed E-state index contributed by atoms with van der Waals surface area (Å²) in [4.78, 5) is 15.1. The second kappa shape index (κ2) is 5.52. The van der Waals surface area contributed by atoms with Gasteiger partial charge in [-0.15, -0.1) is 0 Å². The number of halogens is 2. The van der Waals surface area contributed by atoms with Crippen LogP contribution >= 0.6 is 45.2 Å². The van der Waals surface area contributed by atoms with Crippen LogP contribution in [0.5, 0.6) is 0 Å². The molecular formula is C13H9I2NO2. The third kappa shape index (κ3) is 2.82. The normalized spacial score (nSPS) is 10.6. The van der Waals surface area contributed by atoms with Crippen molar-refractivity contribution in [1.29, 1.82) is 0 Å². The van der Waals surface area contributed by atoms with Gasteiger partial charge in [0.1, 0.15) is 0 Å². The van der Waals surface area contributed by atoms with Crippen molar-refractivity contribution in [3.8, 4) is 0 Å². The van der Waals surface area contributed by atoms with Crippen LogP contribution in [0.1, 0.15) is 5.69 Å². The number of aromatic nitrogens is 1. The number of fused-ring (bicyclic) bond motifs is 1. The predicted molar refractivity (Wildman–Crippen MR) is 87.7 cm³/mol. The van der Waals surface area contributed by atoms with Gasteiger partial charge < -0.3 is 5.11 Å². The van der Waals surface area contributed by atoms with Crippen LogP contribution in [0.25, 0.3) is 10.8 Å². The molecule has 0 saturated carbocycles. The molecule has 0 atom stereocenters. The smallest absolute Gasteiger partial charge is 0.331 e. The van der Waals surface area contributed by atoms with Crippen LogP contribution in [0.3, 0.4) is 0 Å². The molecule has 0 spiro atoms. The largest absolute Gasteiger partial charge is 0.478 e. The molecule has 1 aromatic carbocycles. The molecule has 5 heteroatoms. The third-order valence-electron chi connectivity index (χ3n) is 2.56. The van der Waals surface area contributed by atoms with E-state index in [1.165, 1.54) is 0 Å². The first-order valence-electron chi connectivity index (χ1n) is 5.12. The van der Waals surface area contributed by atoms with Crippen LogP contribution in [0.2, 0.25) is 0 Å². The van der Waals surface area contributed by atoms with Crippen molar-refractivity contribution in [2.75, 3.05) is 0 Å². The van der Waals surface area contributed by atoms with Crippen LogP contribution < -0.4 is 0 Å². The lowest BCUT2D eigenvalue weighted by Gasteiger charge is -2.08. The van der Waals surface area contributed by atoms with Crippen molar-refractivity contribution in [3.05, 3.63) is 49.4 Å². The van der Waals surface area contributed by atoms with E-state index in [0.717, 1.165) is 23.6 Å². The lowest BCUT2D eigenvalue weighted by molar-refractivity contribution is -0.132. The van der Waals surface area contributed by atoms with Gasteiger partial charge in [-0.3, -0.25) is 4.98 Å².